The first-order valence-electron chi connectivity index (χ1n) is 3.67. The summed E-state index contributed by atoms with van der Waals surface area (Å²) >= 11 is 0. The molecule has 0 spiro atoms. The van der Waals surface area contributed by atoms with Gasteiger partial charge in [-0.25, -0.2) is 5.43 Å². The summed E-state index contributed by atoms with van der Waals surface area (Å²) in [7, 11) is 0. The Morgan fingerprint density at radius 2 is 2.36 bits per heavy atom. The number of hydrogen-bond acceptors (Lipinski definition) is 3. The van der Waals surface area contributed by atoms with E-state index in [1.807, 2.05) is 12.2 Å². The van der Waals surface area contributed by atoms with Crippen LogP contribution >= 0.6 is 0 Å². The van der Waals surface area contributed by atoms with E-state index in [9.17, 15) is 4.79 Å². The fraction of sp³-hybridized carbons (Fsp3) is 0.571. The van der Waals surface area contributed by atoms with Gasteiger partial charge in [0.25, 0.3) is 0 Å². The average molecular weight is 156 g/mol. The highest BCUT2D eigenvalue weighted by atomic mass is 16.4. The molecule has 0 aromatic carbocycles. The van der Waals surface area contributed by atoms with E-state index in [-0.39, 0.29) is 0 Å². The number of aliphatic carboxylic acids is 1. The van der Waals surface area contributed by atoms with Crippen molar-refractivity contribution in [3.05, 3.63) is 12.2 Å². The molecular formula is C7H12N2O2. The van der Waals surface area contributed by atoms with Crippen LogP contribution in [0.5, 0.6) is 0 Å². The second-order valence-electron chi connectivity index (χ2n) is 2.46. The van der Waals surface area contributed by atoms with Gasteiger partial charge >= 0.3 is 5.97 Å². The number of carboxylic acid groups (broad SMARTS) is 1. The maximum atomic E-state index is 10.5. The van der Waals surface area contributed by atoms with Crippen LogP contribution in [0.25, 0.3) is 0 Å². The summed E-state index contributed by atoms with van der Waals surface area (Å²) in [5, 5.41) is 8.62. The summed E-state index contributed by atoms with van der Waals surface area (Å²) < 4.78 is 0. The maximum Gasteiger partial charge on any atom is 0.322 e. The first-order chi connectivity index (χ1) is 5.30. The molecule has 0 aromatic rings. The van der Waals surface area contributed by atoms with Crippen LogP contribution in [0.4, 0.5) is 0 Å². The number of hydrogen-bond donors (Lipinski definition) is 3. The molecule has 1 rings (SSSR count). The van der Waals surface area contributed by atoms with Crippen molar-refractivity contribution in [2.75, 3.05) is 6.54 Å². The predicted octanol–water partition coefficient (Wildman–Crippen LogP) is -0.116. The van der Waals surface area contributed by atoms with Crippen molar-refractivity contribution in [3.8, 4) is 0 Å². The molecule has 3 N–H and O–H groups in total. The molecule has 0 radical (unpaired) electrons. The Kier molecular flexibility index (Phi) is 3.07. The van der Waals surface area contributed by atoms with Crippen LogP contribution in [0.3, 0.4) is 0 Å². The Labute approximate surface area is 65.3 Å². The van der Waals surface area contributed by atoms with E-state index in [0.717, 1.165) is 13.0 Å². The largest absolute Gasteiger partial charge is 0.480 e. The Balaban J connectivity index is 2.45. The van der Waals surface area contributed by atoms with E-state index >= 15 is 0 Å². The number of rotatable bonds is 1. The number of carboxylic acids is 1. The highest BCUT2D eigenvalue weighted by Gasteiger charge is 2.14. The van der Waals surface area contributed by atoms with Crippen LogP contribution in [-0.2, 0) is 4.79 Å². The Bertz CT molecular complexity index is 168. The fourth-order valence-corrected chi connectivity index (χ4v) is 0.923. The molecule has 4 nitrogen and oxygen atoms in total. The standard InChI is InChI=1S/C7H12N2O2/c10-7(11)6-4-2-1-3-5-8-9-6/h1-2,6,8-9H,3-5H2,(H,10,11)/b2-1-. The highest BCUT2D eigenvalue weighted by molar-refractivity contribution is 5.73. The van der Waals surface area contributed by atoms with Gasteiger partial charge < -0.3 is 5.11 Å². The van der Waals surface area contributed by atoms with Gasteiger partial charge in [0.2, 0.25) is 0 Å². The molecule has 0 saturated heterocycles. The Morgan fingerprint density at radius 1 is 1.55 bits per heavy atom. The fourth-order valence-electron chi connectivity index (χ4n) is 0.923. The molecule has 62 valence electrons. The predicted molar refractivity (Wildman–Crippen MR) is 40.9 cm³/mol. The van der Waals surface area contributed by atoms with Crippen LogP contribution < -0.4 is 10.9 Å². The monoisotopic (exact) mass is 156 g/mol. The third kappa shape index (κ3) is 2.69. The van der Waals surface area contributed by atoms with Crippen LogP contribution in [0, 0.1) is 0 Å². The van der Waals surface area contributed by atoms with Gasteiger partial charge in [-0.15, -0.1) is 0 Å². The molecule has 1 atom stereocenters. The van der Waals surface area contributed by atoms with Crippen molar-refractivity contribution in [2.24, 2.45) is 0 Å². The minimum absolute atomic E-state index is 0.494. The van der Waals surface area contributed by atoms with Crippen molar-refractivity contribution in [1.29, 1.82) is 0 Å². The average Bonchev–Trinajstić information content (AvgIpc) is 1.84. The third-order valence-corrected chi connectivity index (χ3v) is 1.55. The third-order valence-electron chi connectivity index (χ3n) is 1.55. The lowest BCUT2D eigenvalue weighted by Gasteiger charge is -2.14. The lowest BCUT2D eigenvalue weighted by molar-refractivity contribution is -0.139. The minimum Gasteiger partial charge on any atom is -0.480 e. The molecule has 1 heterocycles. The molecule has 0 aliphatic carbocycles. The molecule has 1 aliphatic heterocycles. The second kappa shape index (κ2) is 4.10. The molecule has 0 bridgehead atoms. The summed E-state index contributed by atoms with van der Waals surface area (Å²) in [6, 6.07) is -0.494. The second-order valence-corrected chi connectivity index (χ2v) is 2.46. The molecule has 11 heavy (non-hydrogen) atoms. The Hall–Kier alpha value is -0.870. The minimum atomic E-state index is -0.816. The van der Waals surface area contributed by atoms with Crippen molar-refractivity contribution in [3.63, 3.8) is 0 Å². The summed E-state index contributed by atoms with van der Waals surface area (Å²) in [5.41, 5.74) is 5.56. The van der Waals surface area contributed by atoms with Crippen LogP contribution in [0.15, 0.2) is 12.2 Å². The first-order valence-corrected chi connectivity index (χ1v) is 3.67. The maximum absolute atomic E-state index is 10.5. The quantitative estimate of drug-likeness (QED) is 0.463. The van der Waals surface area contributed by atoms with Gasteiger partial charge in [0.1, 0.15) is 6.04 Å². The van der Waals surface area contributed by atoms with Crippen molar-refractivity contribution >= 4 is 5.97 Å². The van der Waals surface area contributed by atoms with Gasteiger partial charge in [0.05, 0.1) is 0 Å². The number of carbonyl (C=O) groups is 1. The van der Waals surface area contributed by atoms with Crippen molar-refractivity contribution in [2.45, 2.75) is 18.9 Å². The van der Waals surface area contributed by atoms with Gasteiger partial charge in [-0.2, -0.15) is 0 Å². The zero-order valence-electron chi connectivity index (χ0n) is 6.21. The van der Waals surface area contributed by atoms with Gasteiger partial charge in [0, 0.05) is 6.54 Å². The van der Waals surface area contributed by atoms with Crippen LogP contribution in [0.1, 0.15) is 12.8 Å². The smallest absolute Gasteiger partial charge is 0.322 e. The zero-order valence-corrected chi connectivity index (χ0v) is 6.21. The van der Waals surface area contributed by atoms with E-state index in [0.29, 0.717) is 6.42 Å². The molecule has 0 saturated carbocycles. The summed E-state index contributed by atoms with van der Waals surface area (Å²) in [6.45, 7) is 0.778. The number of hydrazine groups is 1. The lowest BCUT2D eigenvalue weighted by Crippen LogP contribution is -2.46. The van der Waals surface area contributed by atoms with E-state index < -0.39 is 12.0 Å². The molecule has 4 heteroatoms. The van der Waals surface area contributed by atoms with Crippen molar-refractivity contribution < 1.29 is 9.90 Å². The molecule has 1 aliphatic rings. The van der Waals surface area contributed by atoms with E-state index in [1.165, 1.54) is 0 Å². The first kappa shape index (κ1) is 8.23. The van der Waals surface area contributed by atoms with Gasteiger partial charge in [-0.05, 0) is 12.8 Å². The summed E-state index contributed by atoms with van der Waals surface area (Å²) in [4.78, 5) is 10.5. The Morgan fingerprint density at radius 3 is 3.09 bits per heavy atom. The SMILES string of the molecule is O=C(O)C1C/C=C\CCNN1. The van der Waals surface area contributed by atoms with Gasteiger partial charge in [-0.3, -0.25) is 10.2 Å². The topological polar surface area (TPSA) is 61.4 Å². The molecule has 0 amide bonds. The molecule has 0 aromatic heterocycles. The summed E-state index contributed by atoms with van der Waals surface area (Å²) in [5.74, 6) is -0.816. The highest BCUT2D eigenvalue weighted by Crippen LogP contribution is 1.96. The van der Waals surface area contributed by atoms with Crippen LogP contribution in [0.2, 0.25) is 0 Å². The molecule has 1 unspecified atom stereocenters. The summed E-state index contributed by atoms with van der Waals surface area (Å²) in [6.07, 6.45) is 5.37. The molecular weight excluding hydrogens is 144 g/mol. The van der Waals surface area contributed by atoms with Gasteiger partial charge in [0.15, 0.2) is 0 Å². The van der Waals surface area contributed by atoms with Crippen molar-refractivity contribution in [1.82, 2.24) is 10.9 Å². The van der Waals surface area contributed by atoms with E-state index in [1.54, 1.807) is 0 Å². The number of nitrogens with one attached hydrogen (secondary N) is 2. The van der Waals surface area contributed by atoms with Crippen LogP contribution in [-0.4, -0.2) is 23.7 Å². The molecule has 0 fully saturated rings. The normalized spacial score (nSPS) is 28.5. The van der Waals surface area contributed by atoms with Gasteiger partial charge in [-0.1, -0.05) is 12.2 Å². The van der Waals surface area contributed by atoms with E-state index in [2.05, 4.69) is 10.9 Å². The van der Waals surface area contributed by atoms with E-state index in [4.69, 9.17) is 5.11 Å². The zero-order chi connectivity index (χ0) is 8.10. The lowest BCUT2D eigenvalue weighted by atomic mass is 10.2.